The minimum absolute atomic E-state index is 0.731. The Balaban J connectivity index is 1.97. The highest BCUT2D eigenvalue weighted by Gasteiger charge is 2.11. The third-order valence-corrected chi connectivity index (χ3v) is 4.54. The molecule has 26 heavy (non-hydrogen) atoms. The molecule has 0 aliphatic carbocycles. The summed E-state index contributed by atoms with van der Waals surface area (Å²) in [6.45, 7) is 5.23. The van der Waals surface area contributed by atoms with Gasteiger partial charge in [-0.3, -0.25) is 4.90 Å². The maximum absolute atomic E-state index is 6.09. The van der Waals surface area contributed by atoms with Crippen molar-refractivity contribution in [2.24, 2.45) is 0 Å². The summed E-state index contributed by atoms with van der Waals surface area (Å²) in [5.74, 6) is 1.89. The molecule has 2 aromatic rings. The van der Waals surface area contributed by atoms with Gasteiger partial charge in [0.05, 0.1) is 6.54 Å². The van der Waals surface area contributed by atoms with Gasteiger partial charge in [-0.15, -0.1) is 0 Å². The Morgan fingerprint density at radius 1 is 0.846 bits per heavy atom. The molecule has 0 radical (unpaired) electrons. The fourth-order valence-corrected chi connectivity index (χ4v) is 3.16. The van der Waals surface area contributed by atoms with Crippen LogP contribution in [0.25, 0.3) is 11.3 Å². The van der Waals surface area contributed by atoms with Crippen LogP contribution in [0.2, 0.25) is 5.02 Å². The maximum Gasteiger partial charge on any atom is 0.134 e. The van der Waals surface area contributed by atoms with Crippen LogP contribution in [0.1, 0.15) is 18.6 Å². The smallest absolute Gasteiger partial charge is 0.134 e. The van der Waals surface area contributed by atoms with E-state index >= 15 is 0 Å². The lowest BCUT2D eigenvalue weighted by molar-refractivity contribution is 0.219. The number of hydrogen-bond acceptors (Lipinski definition) is 4. The van der Waals surface area contributed by atoms with Gasteiger partial charge in [0.25, 0.3) is 0 Å². The van der Waals surface area contributed by atoms with Crippen LogP contribution in [-0.4, -0.2) is 69.1 Å². The summed E-state index contributed by atoms with van der Waals surface area (Å²) in [4.78, 5) is 6.97. The molecular weight excluding hydrogens is 346 g/mol. The van der Waals surface area contributed by atoms with Crippen LogP contribution >= 0.6 is 11.6 Å². The summed E-state index contributed by atoms with van der Waals surface area (Å²) in [7, 11) is 8.50. The van der Waals surface area contributed by atoms with Gasteiger partial charge in [-0.25, -0.2) is 0 Å². The molecule has 0 aliphatic rings. The largest absolute Gasteiger partial charge is 0.460 e. The Labute approximate surface area is 163 Å². The summed E-state index contributed by atoms with van der Waals surface area (Å²) in [5.41, 5.74) is 1.02. The Morgan fingerprint density at radius 2 is 1.50 bits per heavy atom. The van der Waals surface area contributed by atoms with E-state index in [1.54, 1.807) is 0 Å². The maximum atomic E-state index is 6.09. The third-order valence-electron chi connectivity index (χ3n) is 4.31. The Morgan fingerprint density at radius 3 is 2.08 bits per heavy atom. The summed E-state index contributed by atoms with van der Waals surface area (Å²) < 4.78 is 6.09. The van der Waals surface area contributed by atoms with E-state index in [0.29, 0.717) is 0 Å². The standard InChI is InChI=1S/C21H32ClN3O/c1-23(2)12-6-14-25(15-7-13-24(3)4)17-20-10-11-21(26-20)18-8-5-9-19(22)16-18/h5,8-11,16H,6-7,12-15,17H2,1-4H3. The predicted molar refractivity (Wildman–Crippen MR) is 111 cm³/mol. The quantitative estimate of drug-likeness (QED) is 0.582. The molecule has 1 aromatic carbocycles. The first kappa shape index (κ1) is 21.0. The number of halogens is 1. The molecule has 0 aliphatic heterocycles. The van der Waals surface area contributed by atoms with E-state index in [-0.39, 0.29) is 0 Å². The molecule has 0 fully saturated rings. The van der Waals surface area contributed by atoms with Gasteiger partial charge in [0.15, 0.2) is 0 Å². The van der Waals surface area contributed by atoms with Crippen LogP contribution < -0.4 is 0 Å². The van der Waals surface area contributed by atoms with Crippen LogP contribution in [-0.2, 0) is 6.54 Å². The number of rotatable bonds is 11. The van der Waals surface area contributed by atoms with Gasteiger partial charge < -0.3 is 14.2 Å². The Hall–Kier alpha value is -1.33. The number of furan rings is 1. The molecular formula is C21H32ClN3O. The lowest BCUT2D eigenvalue weighted by Gasteiger charge is -2.23. The molecule has 0 N–H and O–H groups in total. The van der Waals surface area contributed by atoms with E-state index in [4.69, 9.17) is 16.0 Å². The van der Waals surface area contributed by atoms with Gasteiger partial charge in [-0.2, -0.15) is 0 Å². The van der Waals surface area contributed by atoms with Crippen molar-refractivity contribution in [3.63, 3.8) is 0 Å². The van der Waals surface area contributed by atoms with Crippen molar-refractivity contribution >= 4 is 11.6 Å². The minimum Gasteiger partial charge on any atom is -0.460 e. The van der Waals surface area contributed by atoms with Crippen molar-refractivity contribution < 1.29 is 4.42 Å². The minimum atomic E-state index is 0.731. The Kier molecular flexibility index (Phi) is 8.66. The molecule has 5 heteroatoms. The second kappa shape index (κ2) is 10.7. The molecule has 0 saturated carbocycles. The summed E-state index contributed by atoms with van der Waals surface area (Å²) in [5, 5.41) is 0.731. The topological polar surface area (TPSA) is 22.9 Å². The number of nitrogens with zero attached hydrogens (tertiary/aromatic N) is 3. The highest BCUT2D eigenvalue weighted by Crippen LogP contribution is 2.25. The molecule has 1 aromatic heterocycles. The lowest BCUT2D eigenvalue weighted by Crippen LogP contribution is -2.29. The first-order valence-corrected chi connectivity index (χ1v) is 9.68. The van der Waals surface area contributed by atoms with Gasteiger partial charge in [-0.1, -0.05) is 23.7 Å². The van der Waals surface area contributed by atoms with E-state index in [2.05, 4.69) is 49.0 Å². The SMILES string of the molecule is CN(C)CCCN(CCCN(C)C)Cc1ccc(-c2cccc(Cl)c2)o1. The van der Waals surface area contributed by atoms with Crippen LogP contribution in [0.3, 0.4) is 0 Å². The first-order valence-electron chi connectivity index (χ1n) is 9.30. The second-order valence-corrected chi connectivity index (χ2v) is 7.80. The fourth-order valence-electron chi connectivity index (χ4n) is 2.97. The average Bonchev–Trinajstić information content (AvgIpc) is 3.02. The van der Waals surface area contributed by atoms with Crippen molar-refractivity contribution in [2.45, 2.75) is 19.4 Å². The normalized spacial score (nSPS) is 11.8. The van der Waals surface area contributed by atoms with Crippen molar-refractivity contribution in [1.29, 1.82) is 0 Å². The lowest BCUT2D eigenvalue weighted by atomic mass is 10.2. The van der Waals surface area contributed by atoms with E-state index < -0.39 is 0 Å². The van der Waals surface area contributed by atoms with Gasteiger partial charge in [0, 0.05) is 10.6 Å². The summed E-state index contributed by atoms with van der Waals surface area (Å²) >= 11 is 6.09. The Bertz CT molecular complexity index is 640. The fraction of sp³-hybridized carbons (Fsp3) is 0.524. The van der Waals surface area contributed by atoms with Crippen molar-refractivity contribution in [1.82, 2.24) is 14.7 Å². The van der Waals surface area contributed by atoms with Crippen LogP contribution in [0, 0.1) is 0 Å². The van der Waals surface area contributed by atoms with E-state index in [1.807, 2.05) is 30.3 Å². The number of hydrogen-bond donors (Lipinski definition) is 0. The molecule has 0 saturated heterocycles. The molecule has 0 amide bonds. The predicted octanol–water partition coefficient (Wildman–Crippen LogP) is 4.31. The molecule has 0 atom stereocenters. The second-order valence-electron chi connectivity index (χ2n) is 7.37. The molecule has 4 nitrogen and oxygen atoms in total. The van der Waals surface area contributed by atoms with Crippen LogP contribution in [0.4, 0.5) is 0 Å². The van der Waals surface area contributed by atoms with E-state index in [0.717, 1.165) is 67.7 Å². The molecule has 0 bridgehead atoms. The highest BCUT2D eigenvalue weighted by atomic mass is 35.5. The van der Waals surface area contributed by atoms with Gasteiger partial charge in [-0.05, 0) is 91.5 Å². The monoisotopic (exact) mass is 377 g/mol. The average molecular weight is 378 g/mol. The highest BCUT2D eigenvalue weighted by molar-refractivity contribution is 6.30. The molecule has 1 heterocycles. The van der Waals surface area contributed by atoms with Crippen LogP contribution in [0.15, 0.2) is 40.8 Å². The first-order chi connectivity index (χ1) is 12.4. The van der Waals surface area contributed by atoms with E-state index in [1.165, 1.54) is 0 Å². The zero-order chi connectivity index (χ0) is 18.9. The van der Waals surface area contributed by atoms with Gasteiger partial charge in [0.1, 0.15) is 11.5 Å². The summed E-state index contributed by atoms with van der Waals surface area (Å²) in [6.07, 6.45) is 2.33. The molecule has 0 spiro atoms. The van der Waals surface area contributed by atoms with Crippen molar-refractivity contribution in [3.05, 3.63) is 47.2 Å². The van der Waals surface area contributed by atoms with Crippen molar-refractivity contribution in [3.8, 4) is 11.3 Å². The third kappa shape index (κ3) is 7.50. The van der Waals surface area contributed by atoms with E-state index in [9.17, 15) is 0 Å². The zero-order valence-electron chi connectivity index (χ0n) is 16.5. The summed E-state index contributed by atoms with van der Waals surface area (Å²) in [6, 6.07) is 11.9. The van der Waals surface area contributed by atoms with Crippen LogP contribution in [0.5, 0.6) is 0 Å². The zero-order valence-corrected chi connectivity index (χ0v) is 17.3. The molecule has 2 rings (SSSR count). The van der Waals surface area contributed by atoms with Gasteiger partial charge >= 0.3 is 0 Å². The molecule has 144 valence electrons. The van der Waals surface area contributed by atoms with Crippen molar-refractivity contribution in [2.75, 3.05) is 54.4 Å². The van der Waals surface area contributed by atoms with Gasteiger partial charge in [0.2, 0.25) is 0 Å². The number of benzene rings is 1. The molecule has 0 unspecified atom stereocenters.